The van der Waals surface area contributed by atoms with Crippen molar-refractivity contribution in [2.24, 2.45) is 0 Å². The quantitative estimate of drug-likeness (QED) is 0.348. The van der Waals surface area contributed by atoms with Crippen LogP contribution in [-0.4, -0.2) is 71.8 Å². The molecule has 6 nitrogen and oxygen atoms in total. The summed E-state index contributed by atoms with van der Waals surface area (Å²) in [6.07, 6.45) is 1.03. The fourth-order valence-electron chi connectivity index (χ4n) is 0.311. The largest absolute Gasteiger partial charge is 0.394 e. The second-order valence-electron chi connectivity index (χ2n) is 2.23. The number of hydrogen-bond acceptors (Lipinski definition) is 6. The van der Waals surface area contributed by atoms with E-state index >= 15 is 0 Å². The molecule has 0 fully saturated rings. The van der Waals surface area contributed by atoms with Crippen LogP contribution in [0.3, 0.4) is 0 Å². The van der Waals surface area contributed by atoms with Crippen LogP contribution in [0.2, 0.25) is 0 Å². The average Bonchev–Trinajstić information content (AvgIpc) is 2.30. The van der Waals surface area contributed by atoms with Gasteiger partial charge in [-0.1, -0.05) is 6.92 Å². The number of aliphatic hydroxyl groups is 5. The molecule has 0 aromatic heterocycles. The first-order valence-corrected chi connectivity index (χ1v) is 4.87. The third kappa shape index (κ3) is 57.4. The maximum atomic E-state index is 8.17. The maximum absolute atomic E-state index is 8.17. The fraction of sp³-hybridized carbons (Fsp3) is 1.00. The van der Waals surface area contributed by atoms with Crippen molar-refractivity contribution in [3.05, 3.63) is 0 Å². The topological polar surface area (TPSA) is 110 Å². The summed E-state index contributed by atoms with van der Waals surface area (Å²) in [7, 11) is 0. The Hall–Kier alpha value is -0.240. The van der Waals surface area contributed by atoms with Crippen LogP contribution < -0.4 is 0 Å². The van der Waals surface area contributed by atoms with Crippen LogP contribution in [0.4, 0.5) is 0 Å². The van der Waals surface area contributed by atoms with Gasteiger partial charge in [0.2, 0.25) is 0 Å². The molecule has 5 N–H and O–H groups in total. The molecule has 0 heterocycles. The Kier molecular flexibility index (Phi) is 39.3. The van der Waals surface area contributed by atoms with Crippen LogP contribution >= 0.6 is 0 Å². The molecule has 0 saturated carbocycles. The fourth-order valence-corrected chi connectivity index (χ4v) is 0.311. The average molecular weight is 228 g/mol. The van der Waals surface area contributed by atoms with E-state index in [4.69, 9.17) is 30.3 Å². The summed E-state index contributed by atoms with van der Waals surface area (Å²) in [6.45, 7) is 2.92. The lowest BCUT2D eigenvalue weighted by molar-refractivity contribution is 0.0928. The Bertz CT molecular complexity index is 59.6. The van der Waals surface area contributed by atoms with E-state index in [1.807, 2.05) is 6.92 Å². The molecule has 0 aromatic carbocycles. The lowest BCUT2D eigenvalue weighted by atomic mass is 10.5. The molecule has 6 heteroatoms. The molecule has 0 aliphatic carbocycles. The molecule has 0 saturated heterocycles. The predicted octanol–water partition coefficient (Wildman–Crippen LogP) is -1.65. The van der Waals surface area contributed by atoms with Gasteiger partial charge in [0.05, 0.1) is 39.6 Å². The SMILES string of the molecule is CCCOCCO.OCCO.OCCO. The van der Waals surface area contributed by atoms with E-state index in [2.05, 4.69) is 0 Å². The zero-order valence-electron chi connectivity index (χ0n) is 9.30. The standard InChI is InChI=1S/C5H12O2.2C2H6O2/c1-2-4-7-5-3-6;2*3-1-2-4/h6H,2-5H2,1H3;2*3-4H,1-2H2. The van der Waals surface area contributed by atoms with Gasteiger partial charge in [-0.2, -0.15) is 0 Å². The first kappa shape index (κ1) is 20.2. The summed E-state index contributed by atoms with van der Waals surface area (Å²) in [4.78, 5) is 0. The highest BCUT2D eigenvalue weighted by atomic mass is 16.5. The van der Waals surface area contributed by atoms with Gasteiger partial charge in [-0.3, -0.25) is 0 Å². The van der Waals surface area contributed by atoms with Gasteiger partial charge >= 0.3 is 0 Å². The molecule has 0 radical (unpaired) electrons. The van der Waals surface area contributed by atoms with Crippen molar-refractivity contribution in [3.8, 4) is 0 Å². The molecule has 0 aliphatic rings. The molecule has 0 atom stereocenters. The summed E-state index contributed by atoms with van der Waals surface area (Å²) >= 11 is 0. The summed E-state index contributed by atoms with van der Waals surface area (Å²) in [5, 5.41) is 38.7. The minimum absolute atomic E-state index is 0.125. The summed E-state index contributed by atoms with van der Waals surface area (Å²) in [6, 6.07) is 0. The molecular formula is C9H24O6. The molecule has 15 heavy (non-hydrogen) atoms. The molecule has 0 spiro atoms. The number of rotatable bonds is 6. The normalized spacial score (nSPS) is 8.40. The van der Waals surface area contributed by atoms with Crippen LogP contribution in [-0.2, 0) is 4.74 Å². The second-order valence-corrected chi connectivity index (χ2v) is 2.23. The highest BCUT2D eigenvalue weighted by Crippen LogP contribution is 1.76. The summed E-state index contributed by atoms with van der Waals surface area (Å²) < 4.78 is 4.88. The third-order valence-corrected chi connectivity index (χ3v) is 0.784. The van der Waals surface area contributed by atoms with Gasteiger partial charge in [0.1, 0.15) is 0 Å². The highest BCUT2D eigenvalue weighted by molar-refractivity contribution is 4.24. The van der Waals surface area contributed by atoms with Crippen LogP contribution in [0, 0.1) is 0 Å². The van der Waals surface area contributed by atoms with Gasteiger partial charge in [-0.15, -0.1) is 0 Å². The number of hydrogen-bond donors (Lipinski definition) is 5. The van der Waals surface area contributed by atoms with Crippen molar-refractivity contribution < 1.29 is 30.3 Å². The molecule has 96 valence electrons. The van der Waals surface area contributed by atoms with E-state index in [-0.39, 0.29) is 33.0 Å². The zero-order valence-corrected chi connectivity index (χ0v) is 9.30. The summed E-state index contributed by atoms with van der Waals surface area (Å²) in [5.41, 5.74) is 0. The molecule has 0 rings (SSSR count). The van der Waals surface area contributed by atoms with E-state index in [1.165, 1.54) is 0 Å². The highest BCUT2D eigenvalue weighted by Gasteiger charge is 1.78. The monoisotopic (exact) mass is 228 g/mol. The molecular weight excluding hydrogens is 204 g/mol. The van der Waals surface area contributed by atoms with Crippen molar-refractivity contribution >= 4 is 0 Å². The van der Waals surface area contributed by atoms with Crippen molar-refractivity contribution in [1.29, 1.82) is 0 Å². The first-order valence-electron chi connectivity index (χ1n) is 4.87. The number of aliphatic hydroxyl groups excluding tert-OH is 5. The van der Waals surface area contributed by atoms with Crippen molar-refractivity contribution in [1.82, 2.24) is 0 Å². The van der Waals surface area contributed by atoms with Crippen molar-refractivity contribution in [2.75, 3.05) is 46.2 Å². The lowest BCUT2D eigenvalue weighted by Gasteiger charge is -1.94. The van der Waals surface area contributed by atoms with Crippen molar-refractivity contribution in [2.45, 2.75) is 13.3 Å². The van der Waals surface area contributed by atoms with E-state index in [0.29, 0.717) is 6.61 Å². The van der Waals surface area contributed by atoms with Gasteiger partial charge in [-0.25, -0.2) is 0 Å². The Morgan fingerprint density at radius 2 is 1.07 bits per heavy atom. The Balaban J connectivity index is -0.000000155. The van der Waals surface area contributed by atoms with Gasteiger partial charge in [0.15, 0.2) is 0 Å². The predicted molar refractivity (Wildman–Crippen MR) is 56.5 cm³/mol. The van der Waals surface area contributed by atoms with E-state index < -0.39 is 0 Å². The van der Waals surface area contributed by atoms with Crippen LogP contribution in [0.5, 0.6) is 0 Å². The lowest BCUT2D eigenvalue weighted by Crippen LogP contribution is -1.98. The molecule has 0 unspecified atom stereocenters. The van der Waals surface area contributed by atoms with E-state index in [1.54, 1.807) is 0 Å². The molecule has 0 aromatic rings. The molecule has 0 amide bonds. The van der Waals surface area contributed by atoms with E-state index in [0.717, 1.165) is 13.0 Å². The molecule has 0 aliphatic heterocycles. The minimum atomic E-state index is -0.125. The summed E-state index contributed by atoms with van der Waals surface area (Å²) in [5.74, 6) is 0. The third-order valence-electron chi connectivity index (χ3n) is 0.784. The smallest absolute Gasteiger partial charge is 0.0697 e. The second kappa shape index (κ2) is 29.2. The first-order chi connectivity index (χ1) is 7.24. The molecule has 0 bridgehead atoms. The Morgan fingerprint density at radius 3 is 1.27 bits per heavy atom. The van der Waals surface area contributed by atoms with Crippen molar-refractivity contribution in [3.63, 3.8) is 0 Å². The van der Waals surface area contributed by atoms with Gasteiger partial charge in [0.25, 0.3) is 0 Å². The van der Waals surface area contributed by atoms with Gasteiger partial charge < -0.3 is 30.3 Å². The number of ether oxygens (including phenoxy) is 1. The van der Waals surface area contributed by atoms with Gasteiger partial charge in [0, 0.05) is 6.61 Å². The van der Waals surface area contributed by atoms with Crippen LogP contribution in [0.1, 0.15) is 13.3 Å². The zero-order chi connectivity index (χ0) is 12.4. The Morgan fingerprint density at radius 1 is 0.667 bits per heavy atom. The van der Waals surface area contributed by atoms with Crippen LogP contribution in [0.15, 0.2) is 0 Å². The minimum Gasteiger partial charge on any atom is -0.394 e. The van der Waals surface area contributed by atoms with E-state index in [9.17, 15) is 0 Å². The van der Waals surface area contributed by atoms with Gasteiger partial charge in [-0.05, 0) is 6.42 Å². The van der Waals surface area contributed by atoms with Crippen LogP contribution in [0.25, 0.3) is 0 Å². The maximum Gasteiger partial charge on any atom is 0.0697 e. The Labute approximate surface area is 90.8 Å².